The molecule has 0 bridgehead atoms. The van der Waals surface area contributed by atoms with E-state index in [-0.39, 0.29) is 17.1 Å². The zero-order chi connectivity index (χ0) is 22.5. The minimum Gasteiger partial charge on any atom is -0.505 e. The molecular weight excluding hydrogens is 409 g/mol. The highest BCUT2D eigenvalue weighted by Gasteiger charge is 2.49. The van der Waals surface area contributed by atoms with Gasteiger partial charge in [0.25, 0.3) is 0 Å². The van der Waals surface area contributed by atoms with Gasteiger partial charge < -0.3 is 15.4 Å². The maximum atomic E-state index is 14.0. The monoisotopic (exact) mass is 433 g/mol. The number of carbonyl (C=O) groups is 1. The molecule has 2 aromatic heterocycles. The van der Waals surface area contributed by atoms with E-state index in [0.717, 1.165) is 46.1 Å². The number of carbonyl (C=O) groups excluding carboxylic acids is 1. The minimum absolute atomic E-state index is 0.0727. The predicted molar refractivity (Wildman–Crippen MR) is 120 cm³/mol. The number of aromatic hydroxyl groups is 1. The first-order valence-corrected chi connectivity index (χ1v) is 10.7. The van der Waals surface area contributed by atoms with Crippen molar-refractivity contribution < 1.29 is 14.3 Å². The number of phenols is 1. The van der Waals surface area contributed by atoms with Gasteiger partial charge in [-0.2, -0.15) is 5.10 Å². The van der Waals surface area contributed by atoms with Crippen LogP contribution in [0.4, 0.5) is 4.39 Å². The second-order valence-electron chi connectivity index (χ2n) is 8.44. The van der Waals surface area contributed by atoms with E-state index in [0.29, 0.717) is 24.4 Å². The van der Waals surface area contributed by atoms with E-state index in [1.807, 2.05) is 25.1 Å². The van der Waals surface area contributed by atoms with E-state index in [9.17, 15) is 14.3 Å². The van der Waals surface area contributed by atoms with Gasteiger partial charge in [0.1, 0.15) is 5.69 Å². The van der Waals surface area contributed by atoms with Gasteiger partial charge in [0.15, 0.2) is 17.4 Å². The van der Waals surface area contributed by atoms with Crippen LogP contribution < -0.4 is 5.32 Å². The highest BCUT2D eigenvalue weighted by Crippen LogP contribution is 2.48. The third kappa shape index (κ3) is 3.32. The minimum atomic E-state index is -0.643. The molecule has 1 fully saturated rings. The van der Waals surface area contributed by atoms with Gasteiger partial charge in [-0.3, -0.25) is 9.89 Å². The SMILES string of the molecule is CCc1cc(O)c(F)cc1-c1ccc2c(-c3ncc(CC4(C(=O)NC)CC4)[nH]3)n[nH]c2c1. The van der Waals surface area contributed by atoms with E-state index >= 15 is 0 Å². The molecule has 7 nitrogen and oxygen atoms in total. The Morgan fingerprint density at radius 2 is 2.09 bits per heavy atom. The number of aromatic amines is 2. The van der Waals surface area contributed by atoms with Crippen LogP contribution >= 0.6 is 0 Å². The Hall–Kier alpha value is -3.68. The fourth-order valence-corrected chi connectivity index (χ4v) is 4.37. The Balaban J connectivity index is 1.47. The van der Waals surface area contributed by atoms with E-state index in [1.54, 1.807) is 13.2 Å². The summed E-state index contributed by atoms with van der Waals surface area (Å²) < 4.78 is 14.0. The van der Waals surface area contributed by atoms with E-state index in [1.165, 1.54) is 12.1 Å². The number of fused-ring (bicyclic) bond motifs is 1. The van der Waals surface area contributed by atoms with Crippen molar-refractivity contribution in [2.45, 2.75) is 32.6 Å². The average molecular weight is 433 g/mol. The molecule has 0 atom stereocenters. The number of imidazole rings is 1. The van der Waals surface area contributed by atoms with Crippen LogP contribution in [0.15, 0.2) is 36.5 Å². The Kier molecular flexibility index (Phi) is 4.73. The van der Waals surface area contributed by atoms with Gasteiger partial charge in [-0.25, -0.2) is 9.37 Å². The van der Waals surface area contributed by atoms with Crippen LogP contribution in [0.25, 0.3) is 33.5 Å². The molecule has 2 heterocycles. The summed E-state index contributed by atoms with van der Waals surface area (Å²) in [4.78, 5) is 19.9. The van der Waals surface area contributed by atoms with Crippen molar-refractivity contribution in [1.82, 2.24) is 25.5 Å². The molecule has 1 saturated carbocycles. The first-order valence-electron chi connectivity index (χ1n) is 10.7. The normalized spacial score (nSPS) is 14.6. The number of hydrogen-bond acceptors (Lipinski definition) is 4. The molecule has 1 amide bonds. The lowest BCUT2D eigenvalue weighted by molar-refractivity contribution is -0.125. The Bertz CT molecular complexity index is 1340. The van der Waals surface area contributed by atoms with E-state index < -0.39 is 5.82 Å². The van der Waals surface area contributed by atoms with Crippen LogP contribution in [0.5, 0.6) is 5.75 Å². The first-order chi connectivity index (χ1) is 15.4. The van der Waals surface area contributed by atoms with Gasteiger partial charge >= 0.3 is 0 Å². The van der Waals surface area contributed by atoms with Crippen LogP contribution in [-0.2, 0) is 17.6 Å². The molecule has 1 aliphatic carbocycles. The van der Waals surface area contributed by atoms with Crippen LogP contribution in [0.3, 0.4) is 0 Å². The van der Waals surface area contributed by atoms with Crippen molar-refractivity contribution in [2.75, 3.05) is 7.05 Å². The molecule has 8 heteroatoms. The van der Waals surface area contributed by atoms with Gasteiger partial charge in [0, 0.05) is 30.7 Å². The highest BCUT2D eigenvalue weighted by molar-refractivity contribution is 5.94. The lowest BCUT2D eigenvalue weighted by Crippen LogP contribution is -2.30. The van der Waals surface area contributed by atoms with Crippen LogP contribution in [-0.4, -0.2) is 38.2 Å². The second-order valence-corrected chi connectivity index (χ2v) is 8.44. The van der Waals surface area contributed by atoms with Crippen molar-refractivity contribution in [3.63, 3.8) is 0 Å². The smallest absolute Gasteiger partial charge is 0.226 e. The third-order valence-electron chi connectivity index (χ3n) is 6.37. The number of phenolic OH excluding ortho intramolecular Hbond substituents is 1. The van der Waals surface area contributed by atoms with Crippen molar-refractivity contribution in [2.24, 2.45) is 5.41 Å². The van der Waals surface area contributed by atoms with Crippen molar-refractivity contribution >= 4 is 16.8 Å². The van der Waals surface area contributed by atoms with Gasteiger partial charge in [-0.05, 0) is 60.2 Å². The largest absolute Gasteiger partial charge is 0.505 e. The lowest BCUT2D eigenvalue weighted by Gasteiger charge is -2.11. The van der Waals surface area contributed by atoms with Crippen molar-refractivity contribution in [3.8, 4) is 28.4 Å². The van der Waals surface area contributed by atoms with Crippen molar-refractivity contribution in [3.05, 3.63) is 53.6 Å². The maximum absolute atomic E-state index is 14.0. The number of aromatic nitrogens is 4. The van der Waals surface area contributed by atoms with Crippen LogP contribution in [0.1, 0.15) is 31.0 Å². The molecule has 32 heavy (non-hydrogen) atoms. The summed E-state index contributed by atoms with van der Waals surface area (Å²) in [5, 5.41) is 20.8. The number of nitrogens with zero attached hydrogens (tertiary/aromatic N) is 2. The highest BCUT2D eigenvalue weighted by atomic mass is 19.1. The standard InChI is InChI=1S/C24H24FN5O2/c1-3-13-9-20(31)18(25)10-17(13)14-4-5-16-19(8-14)29-30-21(16)22-27-12-15(28-22)11-24(6-7-24)23(32)26-2/h4-5,8-10,12,31H,3,6-7,11H2,1-2H3,(H,26,32)(H,27,28)(H,29,30). The molecule has 1 aliphatic rings. The summed E-state index contributed by atoms with van der Waals surface area (Å²) in [6.45, 7) is 1.97. The number of H-pyrrole nitrogens is 2. The topological polar surface area (TPSA) is 107 Å². The Morgan fingerprint density at radius 1 is 1.28 bits per heavy atom. The zero-order valence-corrected chi connectivity index (χ0v) is 17.9. The van der Waals surface area contributed by atoms with Gasteiger partial charge in [0.05, 0.1) is 10.9 Å². The molecule has 0 unspecified atom stereocenters. The lowest BCUT2D eigenvalue weighted by atomic mass is 9.96. The summed E-state index contributed by atoms with van der Waals surface area (Å²) in [6, 6.07) is 8.61. The van der Waals surface area contributed by atoms with Crippen molar-refractivity contribution in [1.29, 1.82) is 0 Å². The number of nitrogens with one attached hydrogen (secondary N) is 3. The van der Waals surface area contributed by atoms with Gasteiger partial charge in [0.2, 0.25) is 5.91 Å². The molecule has 164 valence electrons. The van der Waals surface area contributed by atoms with Gasteiger partial charge in [-0.1, -0.05) is 13.0 Å². The number of halogens is 1. The summed E-state index contributed by atoms with van der Waals surface area (Å²) >= 11 is 0. The fourth-order valence-electron chi connectivity index (χ4n) is 4.37. The quantitative estimate of drug-likeness (QED) is 0.367. The van der Waals surface area contributed by atoms with E-state index in [2.05, 4.69) is 25.5 Å². The maximum Gasteiger partial charge on any atom is 0.226 e. The molecule has 0 spiro atoms. The van der Waals surface area contributed by atoms with E-state index in [4.69, 9.17) is 0 Å². The average Bonchev–Trinajstić information content (AvgIpc) is 3.24. The zero-order valence-electron chi connectivity index (χ0n) is 17.9. The van der Waals surface area contributed by atoms with Crippen LogP contribution in [0.2, 0.25) is 0 Å². The summed E-state index contributed by atoms with van der Waals surface area (Å²) in [5.41, 5.74) is 4.52. The number of rotatable bonds is 6. The second kappa shape index (κ2) is 7.47. The molecule has 4 N–H and O–H groups in total. The first kappa shape index (κ1) is 20.2. The summed E-state index contributed by atoms with van der Waals surface area (Å²) in [7, 11) is 1.67. The third-order valence-corrected chi connectivity index (χ3v) is 6.37. The Morgan fingerprint density at radius 3 is 2.81 bits per heavy atom. The predicted octanol–water partition coefficient (Wildman–Crippen LogP) is 4.10. The summed E-state index contributed by atoms with van der Waals surface area (Å²) in [5.74, 6) is -0.274. The fraction of sp³-hybridized carbons (Fsp3) is 0.292. The molecule has 0 radical (unpaired) electrons. The Labute approximate surface area is 184 Å². The summed E-state index contributed by atoms with van der Waals surface area (Å²) in [6.07, 6.45) is 4.82. The molecule has 4 aromatic rings. The molecule has 0 saturated heterocycles. The molecule has 2 aromatic carbocycles. The molecular formula is C24H24FN5O2. The van der Waals surface area contributed by atoms with Gasteiger partial charge in [-0.15, -0.1) is 0 Å². The number of amides is 1. The van der Waals surface area contributed by atoms with Crippen LogP contribution in [0, 0.1) is 11.2 Å². The molecule has 5 rings (SSSR count). The number of aryl methyl sites for hydroxylation is 1. The number of benzene rings is 2. The number of hydrogen-bond donors (Lipinski definition) is 4. The molecule has 0 aliphatic heterocycles.